The summed E-state index contributed by atoms with van der Waals surface area (Å²) in [6.45, 7) is 4.59. The Kier molecular flexibility index (Phi) is 6.17. The fraction of sp³-hybridized carbons (Fsp3) is 0.600. The van der Waals surface area contributed by atoms with E-state index in [0.29, 0.717) is 6.04 Å². The minimum Gasteiger partial charge on any atom is -0.317 e. The van der Waals surface area contributed by atoms with Gasteiger partial charge >= 0.3 is 0 Å². The summed E-state index contributed by atoms with van der Waals surface area (Å²) < 4.78 is 0. The fourth-order valence-electron chi connectivity index (χ4n) is 2.15. The van der Waals surface area contributed by atoms with Crippen LogP contribution < -0.4 is 5.32 Å². The van der Waals surface area contributed by atoms with Gasteiger partial charge in [0.15, 0.2) is 0 Å². The Morgan fingerprint density at radius 2 is 1.81 bits per heavy atom. The minimum atomic E-state index is 0.684. The van der Waals surface area contributed by atoms with Gasteiger partial charge in [-0.15, -0.1) is 0 Å². The van der Waals surface area contributed by atoms with E-state index in [1.165, 1.54) is 31.2 Å². The average Bonchev–Trinajstić information content (AvgIpc) is 2.28. The first-order valence-corrected chi connectivity index (χ1v) is 6.43. The molecule has 0 spiro atoms. The van der Waals surface area contributed by atoms with Crippen molar-refractivity contribution in [2.45, 2.75) is 45.6 Å². The SMILES string of the molecule is CNC(CCCc1ccccc1)CC(C)C. The molecule has 0 saturated heterocycles. The van der Waals surface area contributed by atoms with Crippen LogP contribution in [0, 0.1) is 5.92 Å². The molecular weight excluding hydrogens is 194 g/mol. The van der Waals surface area contributed by atoms with Crippen LogP contribution in [0.5, 0.6) is 0 Å². The predicted octanol–water partition coefficient (Wildman–Crippen LogP) is 3.64. The van der Waals surface area contributed by atoms with Gasteiger partial charge in [-0.05, 0) is 44.2 Å². The van der Waals surface area contributed by atoms with Crippen LogP contribution in [0.2, 0.25) is 0 Å². The zero-order valence-electron chi connectivity index (χ0n) is 10.9. The summed E-state index contributed by atoms with van der Waals surface area (Å²) in [5.41, 5.74) is 1.46. The molecule has 1 N–H and O–H groups in total. The zero-order valence-corrected chi connectivity index (χ0v) is 10.9. The van der Waals surface area contributed by atoms with Gasteiger partial charge < -0.3 is 5.32 Å². The molecule has 90 valence electrons. The Hall–Kier alpha value is -0.820. The molecule has 1 heteroatoms. The van der Waals surface area contributed by atoms with Crippen LogP contribution >= 0.6 is 0 Å². The lowest BCUT2D eigenvalue weighted by molar-refractivity contribution is 0.413. The van der Waals surface area contributed by atoms with Gasteiger partial charge in [0, 0.05) is 6.04 Å². The van der Waals surface area contributed by atoms with Gasteiger partial charge in [0.2, 0.25) is 0 Å². The summed E-state index contributed by atoms with van der Waals surface area (Å²) in [6, 6.07) is 11.5. The van der Waals surface area contributed by atoms with E-state index in [1.807, 2.05) is 0 Å². The van der Waals surface area contributed by atoms with Crippen molar-refractivity contribution in [3.63, 3.8) is 0 Å². The predicted molar refractivity (Wildman–Crippen MR) is 71.7 cm³/mol. The van der Waals surface area contributed by atoms with E-state index in [9.17, 15) is 0 Å². The lowest BCUT2D eigenvalue weighted by atomic mass is 9.98. The lowest BCUT2D eigenvalue weighted by Crippen LogP contribution is -2.26. The Bertz CT molecular complexity index is 266. The van der Waals surface area contributed by atoms with Gasteiger partial charge in [-0.25, -0.2) is 0 Å². The molecule has 1 unspecified atom stereocenters. The molecule has 0 heterocycles. The van der Waals surface area contributed by atoms with E-state index in [0.717, 1.165) is 5.92 Å². The third kappa shape index (κ3) is 5.32. The first-order valence-electron chi connectivity index (χ1n) is 6.43. The van der Waals surface area contributed by atoms with Crippen molar-refractivity contribution in [1.82, 2.24) is 5.32 Å². The lowest BCUT2D eigenvalue weighted by Gasteiger charge is -2.18. The number of aryl methyl sites for hydroxylation is 1. The van der Waals surface area contributed by atoms with E-state index in [-0.39, 0.29) is 0 Å². The smallest absolute Gasteiger partial charge is 0.00666 e. The van der Waals surface area contributed by atoms with Gasteiger partial charge in [-0.2, -0.15) is 0 Å². The maximum absolute atomic E-state index is 3.42. The van der Waals surface area contributed by atoms with Crippen LogP contribution in [0.15, 0.2) is 30.3 Å². The Morgan fingerprint density at radius 3 is 2.38 bits per heavy atom. The highest BCUT2D eigenvalue weighted by molar-refractivity contribution is 5.14. The van der Waals surface area contributed by atoms with Crippen molar-refractivity contribution in [3.8, 4) is 0 Å². The Morgan fingerprint density at radius 1 is 1.12 bits per heavy atom. The summed E-state index contributed by atoms with van der Waals surface area (Å²) >= 11 is 0. The molecule has 0 aromatic heterocycles. The van der Waals surface area contributed by atoms with Crippen molar-refractivity contribution >= 4 is 0 Å². The van der Waals surface area contributed by atoms with Gasteiger partial charge in [-0.1, -0.05) is 44.2 Å². The first-order chi connectivity index (χ1) is 7.72. The molecule has 1 aromatic carbocycles. The molecule has 0 aliphatic heterocycles. The van der Waals surface area contributed by atoms with Crippen LogP contribution in [-0.4, -0.2) is 13.1 Å². The van der Waals surface area contributed by atoms with Crippen LogP contribution in [0.1, 0.15) is 38.7 Å². The number of rotatable bonds is 7. The van der Waals surface area contributed by atoms with Gasteiger partial charge in [-0.3, -0.25) is 0 Å². The summed E-state index contributed by atoms with van der Waals surface area (Å²) in [5.74, 6) is 0.786. The highest BCUT2D eigenvalue weighted by Crippen LogP contribution is 2.12. The van der Waals surface area contributed by atoms with Crippen molar-refractivity contribution in [1.29, 1.82) is 0 Å². The third-order valence-electron chi connectivity index (χ3n) is 3.03. The van der Waals surface area contributed by atoms with E-state index < -0.39 is 0 Å². The van der Waals surface area contributed by atoms with Crippen molar-refractivity contribution in [2.75, 3.05) is 7.05 Å². The number of nitrogens with one attached hydrogen (secondary N) is 1. The molecule has 16 heavy (non-hydrogen) atoms. The fourth-order valence-corrected chi connectivity index (χ4v) is 2.15. The molecule has 0 radical (unpaired) electrons. The molecule has 1 aromatic rings. The van der Waals surface area contributed by atoms with Gasteiger partial charge in [0.25, 0.3) is 0 Å². The van der Waals surface area contributed by atoms with Crippen molar-refractivity contribution in [3.05, 3.63) is 35.9 Å². The minimum absolute atomic E-state index is 0.684. The Labute approximate surface area is 100 Å². The van der Waals surface area contributed by atoms with Crippen LogP contribution in [0.25, 0.3) is 0 Å². The quantitative estimate of drug-likeness (QED) is 0.738. The number of benzene rings is 1. The number of hydrogen-bond acceptors (Lipinski definition) is 1. The van der Waals surface area contributed by atoms with Crippen LogP contribution in [0.3, 0.4) is 0 Å². The van der Waals surface area contributed by atoms with E-state index >= 15 is 0 Å². The van der Waals surface area contributed by atoms with Crippen LogP contribution in [-0.2, 0) is 6.42 Å². The Balaban J connectivity index is 2.23. The van der Waals surface area contributed by atoms with E-state index in [2.05, 4.69) is 56.5 Å². The summed E-state index contributed by atoms with van der Waals surface area (Å²) in [5, 5.41) is 3.42. The maximum atomic E-state index is 3.42. The molecule has 1 atom stereocenters. The average molecular weight is 219 g/mol. The second-order valence-corrected chi connectivity index (χ2v) is 4.99. The summed E-state index contributed by atoms with van der Waals surface area (Å²) in [7, 11) is 2.08. The zero-order chi connectivity index (χ0) is 11.8. The van der Waals surface area contributed by atoms with Crippen molar-refractivity contribution < 1.29 is 0 Å². The highest BCUT2D eigenvalue weighted by Gasteiger charge is 2.07. The molecule has 0 saturated carbocycles. The monoisotopic (exact) mass is 219 g/mol. The standard InChI is InChI=1S/C15H25N/c1-13(2)12-15(16-3)11-7-10-14-8-5-4-6-9-14/h4-6,8-9,13,15-16H,7,10-12H2,1-3H3. The first kappa shape index (κ1) is 13.2. The van der Waals surface area contributed by atoms with E-state index in [1.54, 1.807) is 0 Å². The molecule has 0 aliphatic carbocycles. The third-order valence-corrected chi connectivity index (χ3v) is 3.03. The number of hydrogen-bond donors (Lipinski definition) is 1. The highest BCUT2D eigenvalue weighted by atomic mass is 14.9. The van der Waals surface area contributed by atoms with Crippen LogP contribution in [0.4, 0.5) is 0 Å². The molecule has 0 aliphatic rings. The normalized spacial score (nSPS) is 13.0. The maximum Gasteiger partial charge on any atom is 0.00666 e. The summed E-state index contributed by atoms with van der Waals surface area (Å²) in [4.78, 5) is 0. The van der Waals surface area contributed by atoms with Crippen molar-refractivity contribution in [2.24, 2.45) is 5.92 Å². The molecule has 0 fully saturated rings. The second-order valence-electron chi connectivity index (χ2n) is 4.99. The molecule has 0 amide bonds. The van der Waals surface area contributed by atoms with Gasteiger partial charge in [0.05, 0.1) is 0 Å². The largest absolute Gasteiger partial charge is 0.317 e. The van der Waals surface area contributed by atoms with E-state index in [4.69, 9.17) is 0 Å². The molecule has 0 bridgehead atoms. The van der Waals surface area contributed by atoms with Gasteiger partial charge in [0.1, 0.15) is 0 Å². The molecule has 1 rings (SSSR count). The molecule has 1 nitrogen and oxygen atoms in total. The molecular formula is C15H25N. The second kappa shape index (κ2) is 7.45. The topological polar surface area (TPSA) is 12.0 Å². The summed E-state index contributed by atoms with van der Waals surface area (Å²) in [6.07, 6.45) is 5.05.